The summed E-state index contributed by atoms with van der Waals surface area (Å²) in [6, 6.07) is 0. The Morgan fingerprint density at radius 3 is 2.50 bits per heavy atom. The number of aliphatic hydroxyl groups is 1. The number of fused-ring (bicyclic) bond motifs is 2. The molecular weight excluding hydrogens is 186 g/mol. The quantitative estimate of drug-likeness (QED) is 0.749. The fraction of sp³-hybridized carbons (Fsp3) is 1.00. The van der Waals surface area contributed by atoms with Crippen LogP contribution in [0.25, 0.3) is 0 Å². The highest BCUT2D eigenvalue weighted by atomic mass is 19.3. The summed E-state index contributed by atoms with van der Waals surface area (Å²) >= 11 is 0. The molecule has 0 spiro atoms. The van der Waals surface area contributed by atoms with E-state index >= 15 is 0 Å². The highest BCUT2D eigenvalue weighted by Gasteiger charge is 2.44. The van der Waals surface area contributed by atoms with Crippen molar-refractivity contribution in [2.24, 2.45) is 17.8 Å². The number of hydrogen-bond donors (Lipinski definition) is 1. The molecule has 4 unspecified atom stereocenters. The van der Waals surface area contributed by atoms with E-state index in [-0.39, 0.29) is 6.42 Å². The van der Waals surface area contributed by atoms with Crippen LogP contribution >= 0.6 is 0 Å². The SMILES string of the molecule is CC(O)(CC1CC2CCC1C2)C(F)F. The second-order valence-corrected chi connectivity index (χ2v) is 5.30. The van der Waals surface area contributed by atoms with E-state index in [0.29, 0.717) is 11.8 Å². The van der Waals surface area contributed by atoms with E-state index in [1.165, 1.54) is 26.2 Å². The van der Waals surface area contributed by atoms with Crippen LogP contribution in [-0.4, -0.2) is 17.1 Å². The molecule has 0 aromatic carbocycles. The first-order chi connectivity index (χ1) is 6.49. The van der Waals surface area contributed by atoms with Crippen LogP contribution in [0.2, 0.25) is 0 Å². The van der Waals surface area contributed by atoms with Crippen molar-refractivity contribution < 1.29 is 13.9 Å². The van der Waals surface area contributed by atoms with Crippen LogP contribution in [0.15, 0.2) is 0 Å². The predicted molar refractivity (Wildman–Crippen MR) is 50.2 cm³/mol. The van der Waals surface area contributed by atoms with Crippen molar-refractivity contribution in [1.29, 1.82) is 0 Å². The summed E-state index contributed by atoms with van der Waals surface area (Å²) in [5, 5.41) is 9.53. The normalized spacial score (nSPS) is 40.5. The van der Waals surface area contributed by atoms with Gasteiger partial charge in [-0.1, -0.05) is 6.42 Å². The molecule has 2 bridgehead atoms. The van der Waals surface area contributed by atoms with Gasteiger partial charge in [0.15, 0.2) is 0 Å². The predicted octanol–water partition coefficient (Wildman–Crippen LogP) is 2.83. The Kier molecular flexibility index (Phi) is 2.54. The van der Waals surface area contributed by atoms with Crippen LogP contribution < -0.4 is 0 Å². The van der Waals surface area contributed by atoms with Gasteiger partial charge in [0.1, 0.15) is 5.60 Å². The molecule has 2 rings (SSSR count). The van der Waals surface area contributed by atoms with Crippen molar-refractivity contribution in [2.75, 3.05) is 0 Å². The summed E-state index contributed by atoms with van der Waals surface area (Å²) in [4.78, 5) is 0. The molecule has 1 nitrogen and oxygen atoms in total. The monoisotopic (exact) mass is 204 g/mol. The van der Waals surface area contributed by atoms with Gasteiger partial charge in [0.25, 0.3) is 6.43 Å². The fourth-order valence-electron chi connectivity index (χ4n) is 3.25. The van der Waals surface area contributed by atoms with Crippen LogP contribution in [0, 0.1) is 17.8 Å². The zero-order chi connectivity index (χ0) is 10.3. The summed E-state index contributed by atoms with van der Waals surface area (Å²) in [6.07, 6.45) is 2.41. The molecule has 0 amide bonds. The van der Waals surface area contributed by atoms with Crippen molar-refractivity contribution in [3.63, 3.8) is 0 Å². The Balaban J connectivity index is 1.92. The third kappa shape index (κ3) is 1.79. The summed E-state index contributed by atoms with van der Waals surface area (Å²) in [7, 11) is 0. The van der Waals surface area contributed by atoms with Crippen molar-refractivity contribution in [3.05, 3.63) is 0 Å². The van der Waals surface area contributed by atoms with E-state index in [4.69, 9.17) is 0 Å². The maximum absolute atomic E-state index is 12.5. The van der Waals surface area contributed by atoms with Gasteiger partial charge >= 0.3 is 0 Å². The number of hydrogen-bond acceptors (Lipinski definition) is 1. The number of alkyl halides is 2. The van der Waals surface area contributed by atoms with Gasteiger partial charge in [0.05, 0.1) is 0 Å². The second kappa shape index (κ2) is 3.44. The molecule has 0 aromatic rings. The Hall–Kier alpha value is -0.180. The second-order valence-electron chi connectivity index (χ2n) is 5.30. The minimum atomic E-state index is -2.61. The van der Waals surface area contributed by atoms with Gasteiger partial charge in [0.2, 0.25) is 0 Å². The topological polar surface area (TPSA) is 20.2 Å². The smallest absolute Gasteiger partial charge is 0.266 e. The highest BCUT2D eigenvalue weighted by molar-refractivity contribution is 4.93. The largest absolute Gasteiger partial charge is 0.384 e. The summed E-state index contributed by atoms with van der Waals surface area (Å²) in [5.74, 6) is 1.72. The Bertz CT molecular complexity index is 215. The molecule has 2 fully saturated rings. The average molecular weight is 204 g/mol. The molecule has 0 aliphatic heterocycles. The van der Waals surface area contributed by atoms with Gasteiger partial charge in [-0.25, -0.2) is 8.78 Å². The maximum atomic E-state index is 12.5. The van der Waals surface area contributed by atoms with Crippen molar-refractivity contribution in [2.45, 2.75) is 51.1 Å². The Morgan fingerprint density at radius 1 is 1.36 bits per heavy atom. The lowest BCUT2D eigenvalue weighted by atomic mass is 9.81. The summed E-state index contributed by atoms with van der Waals surface area (Å²) in [5.41, 5.74) is -1.77. The molecule has 0 saturated heterocycles. The van der Waals surface area contributed by atoms with Crippen LogP contribution in [0.5, 0.6) is 0 Å². The van der Waals surface area contributed by atoms with Crippen LogP contribution in [0.3, 0.4) is 0 Å². The van der Waals surface area contributed by atoms with E-state index in [1.54, 1.807) is 0 Å². The summed E-state index contributed by atoms with van der Waals surface area (Å²) < 4.78 is 24.9. The van der Waals surface area contributed by atoms with Gasteiger partial charge in [-0.05, 0) is 50.4 Å². The first kappa shape index (κ1) is 10.3. The first-order valence-electron chi connectivity index (χ1n) is 5.49. The average Bonchev–Trinajstić information content (AvgIpc) is 2.63. The van der Waals surface area contributed by atoms with E-state index < -0.39 is 12.0 Å². The van der Waals surface area contributed by atoms with E-state index in [9.17, 15) is 13.9 Å². The Morgan fingerprint density at radius 2 is 2.07 bits per heavy atom. The van der Waals surface area contributed by atoms with E-state index in [2.05, 4.69) is 0 Å². The maximum Gasteiger partial charge on any atom is 0.266 e. The zero-order valence-corrected chi connectivity index (χ0v) is 8.55. The van der Waals surface area contributed by atoms with Crippen molar-refractivity contribution in [3.8, 4) is 0 Å². The molecule has 0 aromatic heterocycles. The highest BCUT2D eigenvalue weighted by Crippen LogP contribution is 2.51. The molecule has 0 radical (unpaired) electrons. The number of rotatable bonds is 3. The third-order valence-corrected chi connectivity index (χ3v) is 4.03. The molecule has 0 heterocycles. The molecule has 2 saturated carbocycles. The van der Waals surface area contributed by atoms with Gasteiger partial charge in [-0.2, -0.15) is 0 Å². The molecule has 82 valence electrons. The lowest BCUT2D eigenvalue weighted by molar-refractivity contribution is -0.0995. The van der Waals surface area contributed by atoms with E-state index in [1.807, 2.05) is 0 Å². The minimum absolute atomic E-state index is 0.284. The minimum Gasteiger partial charge on any atom is -0.384 e. The molecular formula is C11H18F2O. The molecule has 2 aliphatic carbocycles. The molecule has 4 atom stereocenters. The number of halogens is 2. The Labute approximate surface area is 83.5 Å². The molecule has 2 aliphatic rings. The lowest BCUT2D eigenvalue weighted by Crippen LogP contribution is -2.36. The molecule has 3 heteroatoms. The van der Waals surface area contributed by atoms with Crippen molar-refractivity contribution in [1.82, 2.24) is 0 Å². The van der Waals surface area contributed by atoms with Gasteiger partial charge < -0.3 is 5.11 Å². The zero-order valence-electron chi connectivity index (χ0n) is 8.55. The lowest BCUT2D eigenvalue weighted by Gasteiger charge is -2.30. The standard InChI is InChI=1S/C11H18F2O/c1-11(14,10(12)13)6-9-5-7-2-3-8(9)4-7/h7-10,14H,2-6H2,1H3. The molecule has 1 N–H and O–H groups in total. The first-order valence-corrected chi connectivity index (χ1v) is 5.49. The fourth-order valence-corrected chi connectivity index (χ4v) is 3.25. The van der Waals surface area contributed by atoms with Crippen LogP contribution in [0.4, 0.5) is 8.78 Å². The van der Waals surface area contributed by atoms with Gasteiger partial charge in [-0.3, -0.25) is 0 Å². The van der Waals surface area contributed by atoms with Gasteiger partial charge in [-0.15, -0.1) is 0 Å². The van der Waals surface area contributed by atoms with Crippen LogP contribution in [0.1, 0.15) is 39.0 Å². The van der Waals surface area contributed by atoms with Crippen molar-refractivity contribution >= 4 is 0 Å². The van der Waals surface area contributed by atoms with Gasteiger partial charge in [0, 0.05) is 0 Å². The van der Waals surface area contributed by atoms with Crippen LogP contribution in [-0.2, 0) is 0 Å². The molecule has 14 heavy (non-hydrogen) atoms. The third-order valence-electron chi connectivity index (χ3n) is 4.03. The summed E-state index contributed by atoms with van der Waals surface area (Å²) in [6.45, 7) is 1.27. The van der Waals surface area contributed by atoms with E-state index in [0.717, 1.165) is 12.3 Å².